The average molecular weight is 450 g/mol. The van der Waals surface area contributed by atoms with Crippen LogP contribution in [0.4, 0.5) is 5.69 Å². The van der Waals surface area contributed by atoms with Gasteiger partial charge in [0.1, 0.15) is 5.57 Å². The molecule has 4 rings (SSSR count). The van der Waals surface area contributed by atoms with Crippen molar-refractivity contribution in [3.05, 3.63) is 87.7 Å². The third kappa shape index (κ3) is 3.69. The second kappa shape index (κ2) is 8.13. The molecule has 1 aliphatic rings. The first-order valence-corrected chi connectivity index (χ1v) is 10.5. The number of benzene rings is 2. The Morgan fingerprint density at radius 3 is 2.29 bits per heavy atom. The molecule has 0 unspecified atom stereocenters. The molecule has 1 aliphatic heterocycles. The van der Waals surface area contributed by atoms with Crippen LogP contribution in [0.2, 0.25) is 5.02 Å². The quantitative estimate of drug-likeness (QED) is 0.352. The van der Waals surface area contributed by atoms with E-state index >= 15 is 0 Å². The molecule has 1 N–H and O–H groups in total. The summed E-state index contributed by atoms with van der Waals surface area (Å²) in [6, 6.07) is 16.9. The van der Waals surface area contributed by atoms with E-state index in [-0.39, 0.29) is 10.7 Å². The molecular weight excluding hydrogens is 430 g/mol. The van der Waals surface area contributed by atoms with E-state index in [1.54, 1.807) is 30.3 Å². The lowest BCUT2D eigenvalue weighted by Crippen LogP contribution is -2.54. The molecule has 2 heterocycles. The van der Waals surface area contributed by atoms with Gasteiger partial charge in [0.05, 0.1) is 10.7 Å². The fraction of sp³-hybridized carbons (Fsp3) is 0.125. The van der Waals surface area contributed by atoms with Gasteiger partial charge in [-0.15, -0.1) is 0 Å². The molecule has 5 nitrogen and oxygen atoms in total. The number of nitrogens with zero attached hydrogens (tertiary/aromatic N) is 2. The summed E-state index contributed by atoms with van der Waals surface area (Å²) in [6.45, 7) is 6.01. The van der Waals surface area contributed by atoms with E-state index in [4.69, 9.17) is 23.8 Å². The van der Waals surface area contributed by atoms with Crippen LogP contribution in [0.15, 0.2) is 60.2 Å². The van der Waals surface area contributed by atoms with Gasteiger partial charge in [-0.3, -0.25) is 19.8 Å². The highest BCUT2D eigenvalue weighted by molar-refractivity contribution is 7.80. The number of aryl methyl sites for hydroxylation is 2. The van der Waals surface area contributed by atoms with Crippen LogP contribution in [-0.4, -0.2) is 21.5 Å². The first-order chi connectivity index (χ1) is 14.8. The lowest BCUT2D eigenvalue weighted by molar-refractivity contribution is -0.122. The SMILES string of the molecule is Cc1ccccc1-n1c(C)cc(/C=C2\C(=O)NC(=S)N(c3ccccc3Cl)C2=O)c1C. The van der Waals surface area contributed by atoms with Crippen LogP contribution in [0.1, 0.15) is 22.5 Å². The first-order valence-electron chi connectivity index (χ1n) is 9.70. The summed E-state index contributed by atoms with van der Waals surface area (Å²) >= 11 is 11.5. The maximum atomic E-state index is 13.3. The highest BCUT2D eigenvalue weighted by atomic mass is 35.5. The lowest BCUT2D eigenvalue weighted by atomic mass is 10.1. The van der Waals surface area contributed by atoms with Crippen molar-refractivity contribution in [2.24, 2.45) is 0 Å². The number of hydrogen-bond acceptors (Lipinski definition) is 3. The number of thiocarbonyl (C=S) groups is 1. The van der Waals surface area contributed by atoms with Crippen molar-refractivity contribution in [2.45, 2.75) is 20.8 Å². The van der Waals surface area contributed by atoms with Crippen molar-refractivity contribution in [1.82, 2.24) is 9.88 Å². The minimum absolute atomic E-state index is 0.00134. The van der Waals surface area contributed by atoms with Crippen molar-refractivity contribution in [2.75, 3.05) is 4.90 Å². The van der Waals surface area contributed by atoms with Crippen LogP contribution < -0.4 is 10.2 Å². The van der Waals surface area contributed by atoms with Gasteiger partial charge in [-0.25, -0.2) is 0 Å². The molecule has 3 aromatic rings. The molecule has 0 radical (unpaired) electrons. The van der Waals surface area contributed by atoms with Crippen LogP contribution >= 0.6 is 23.8 Å². The Bertz CT molecular complexity index is 1280. The van der Waals surface area contributed by atoms with E-state index in [2.05, 4.69) is 9.88 Å². The monoisotopic (exact) mass is 449 g/mol. The van der Waals surface area contributed by atoms with Crippen molar-refractivity contribution in [3.63, 3.8) is 0 Å². The van der Waals surface area contributed by atoms with Gasteiger partial charge >= 0.3 is 0 Å². The van der Waals surface area contributed by atoms with E-state index < -0.39 is 11.8 Å². The zero-order valence-electron chi connectivity index (χ0n) is 17.3. The third-order valence-corrected chi connectivity index (χ3v) is 5.93. The Kier molecular flexibility index (Phi) is 5.52. The van der Waals surface area contributed by atoms with E-state index in [0.29, 0.717) is 10.7 Å². The fourth-order valence-electron chi connectivity index (χ4n) is 3.78. The zero-order chi connectivity index (χ0) is 22.3. The van der Waals surface area contributed by atoms with Crippen molar-refractivity contribution < 1.29 is 9.59 Å². The van der Waals surface area contributed by atoms with Crippen LogP contribution in [0.25, 0.3) is 11.8 Å². The Balaban J connectivity index is 1.80. The Morgan fingerprint density at radius 2 is 1.61 bits per heavy atom. The van der Waals surface area contributed by atoms with E-state index in [1.807, 2.05) is 51.1 Å². The number of aromatic nitrogens is 1. The van der Waals surface area contributed by atoms with Crippen LogP contribution in [0.3, 0.4) is 0 Å². The standard InChI is InChI=1S/C24H20ClN3O2S/c1-14-8-4-6-10-20(14)27-15(2)12-17(16(27)3)13-18-22(29)26-24(31)28(23(18)30)21-11-7-5-9-19(21)25/h4-13H,1-3H3,(H,26,29,31)/b18-13+. The van der Waals surface area contributed by atoms with Crippen molar-refractivity contribution >= 4 is 52.5 Å². The maximum absolute atomic E-state index is 13.3. The van der Waals surface area contributed by atoms with Gasteiger partial charge in [-0.2, -0.15) is 0 Å². The van der Waals surface area contributed by atoms with Crippen molar-refractivity contribution in [1.29, 1.82) is 0 Å². The van der Waals surface area contributed by atoms with Gasteiger partial charge in [0.2, 0.25) is 0 Å². The number of para-hydroxylation sites is 2. The van der Waals surface area contributed by atoms with E-state index in [1.165, 1.54) is 4.90 Å². The molecule has 0 aliphatic carbocycles. The third-order valence-electron chi connectivity index (χ3n) is 5.32. The van der Waals surface area contributed by atoms with Gasteiger partial charge in [-0.1, -0.05) is 41.9 Å². The lowest BCUT2D eigenvalue weighted by Gasteiger charge is -2.29. The topological polar surface area (TPSA) is 54.3 Å². The minimum Gasteiger partial charge on any atom is -0.318 e. The molecule has 0 atom stereocenters. The summed E-state index contributed by atoms with van der Waals surface area (Å²) in [5.41, 5.74) is 5.32. The molecule has 31 heavy (non-hydrogen) atoms. The largest absolute Gasteiger partial charge is 0.318 e. The number of rotatable bonds is 3. The predicted octanol–water partition coefficient (Wildman–Crippen LogP) is 4.89. The summed E-state index contributed by atoms with van der Waals surface area (Å²) in [7, 11) is 0. The second-order valence-corrected chi connectivity index (χ2v) is 8.15. The summed E-state index contributed by atoms with van der Waals surface area (Å²) < 4.78 is 2.11. The number of hydrogen-bond donors (Lipinski definition) is 1. The zero-order valence-corrected chi connectivity index (χ0v) is 18.8. The van der Waals surface area contributed by atoms with Gasteiger partial charge in [0, 0.05) is 17.1 Å². The highest BCUT2D eigenvalue weighted by Gasteiger charge is 2.35. The van der Waals surface area contributed by atoms with Crippen LogP contribution in [-0.2, 0) is 9.59 Å². The molecule has 2 aromatic carbocycles. The van der Waals surface area contributed by atoms with Gasteiger partial charge in [0.25, 0.3) is 11.8 Å². The maximum Gasteiger partial charge on any atom is 0.270 e. The average Bonchev–Trinajstić information content (AvgIpc) is 3.00. The highest BCUT2D eigenvalue weighted by Crippen LogP contribution is 2.30. The molecule has 2 amide bonds. The molecule has 7 heteroatoms. The van der Waals surface area contributed by atoms with Crippen LogP contribution in [0.5, 0.6) is 0 Å². The Morgan fingerprint density at radius 1 is 0.968 bits per heavy atom. The Hall–Kier alpha value is -3.22. The number of halogens is 1. The van der Waals surface area contributed by atoms with E-state index in [0.717, 1.165) is 28.2 Å². The molecule has 1 aromatic heterocycles. The molecule has 1 saturated heterocycles. The smallest absolute Gasteiger partial charge is 0.270 e. The summed E-state index contributed by atoms with van der Waals surface area (Å²) in [5.74, 6) is -1.04. The predicted molar refractivity (Wildman–Crippen MR) is 128 cm³/mol. The summed E-state index contributed by atoms with van der Waals surface area (Å²) in [6.07, 6.45) is 1.61. The second-order valence-electron chi connectivity index (χ2n) is 7.36. The number of amides is 2. The Labute approximate surface area is 190 Å². The van der Waals surface area contributed by atoms with Gasteiger partial charge < -0.3 is 4.57 Å². The minimum atomic E-state index is -0.529. The number of nitrogens with one attached hydrogen (secondary N) is 1. The summed E-state index contributed by atoms with van der Waals surface area (Å²) in [5, 5.41) is 2.97. The molecule has 1 fully saturated rings. The fourth-order valence-corrected chi connectivity index (χ4v) is 4.28. The molecular formula is C24H20ClN3O2S. The molecule has 0 bridgehead atoms. The van der Waals surface area contributed by atoms with Crippen LogP contribution in [0, 0.1) is 20.8 Å². The summed E-state index contributed by atoms with van der Waals surface area (Å²) in [4.78, 5) is 27.2. The molecule has 156 valence electrons. The van der Waals surface area contributed by atoms with Gasteiger partial charge in [-0.05, 0) is 74.5 Å². The van der Waals surface area contributed by atoms with E-state index in [9.17, 15) is 9.59 Å². The normalized spacial score (nSPS) is 15.5. The number of carbonyl (C=O) groups excluding carboxylic acids is 2. The molecule has 0 saturated carbocycles. The van der Waals surface area contributed by atoms with Gasteiger partial charge in [0.15, 0.2) is 5.11 Å². The first kappa shape index (κ1) is 21.0. The number of anilines is 1. The number of carbonyl (C=O) groups is 2. The molecule has 0 spiro atoms. The van der Waals surface area contributed by atoms with Crippen molar-refractivity contribution in [3.8, 4) is 5.69 Å².